The molecule has 3 saturated heterocycles. The maximum absolute atomic E-state index is 14.5. The fraction of sp³-hybridized carbons (Fsp3) is 0.581. The Morgan fingerprint density at radius 1 is 1.10 bits per heavy atom. The van der Waals surface area contributed by atoms with Crippen LogP contribution in [0.2, 0.25) is 0 Å². The average molecular weight is 536 g/mol. The number of likely N-dealkylation sites (tertiary alicyclic amines) is 1. The Hall–Kier alpha value is -2.97. The standard InChI is InChI=1S/C31H41N3O5/c1-4-18-32(22-12-8-6-9-13-22)28(36)25-24-16-17-31(39-24)26(25)29(37)34(21(3)20-35)27(31)30(38)33(19-5-2)23-14-10-7-11-15-23/h4-6,8-9,12-13,21,23-27,35H,1-2,7,10-11,14-20H2,3H3/t21-,24-,25+,26+,27?,31?/m1/s1. The number of ether oxygens (including phenoxy) is 1. The molecule has 1 spiro atoms. The lowest BCUT2D eigenvalue weighted by molar-refractivity contribution is -0.152. The van der Waals surface area contributed by atoms with Crippen molar-refractivity contribution >= 4 is 23.4 Å². The zero-order chi connectivity index (χ0) is 27.7. The Balaban J connectivity index is 1.53. The third-order valence-corrected chi connectivity index (χ3v) is 9.27. The lowest BCUT2D eigenvalue weighted by Crippen LogP contribution is -2.60. The van der Waals surface area contributed by atoms with Crippen LogP contribution in [-0.2, 0) is 19.1 Å². The van der Waals surface area contributed by atoms with E-state index >= 15 is 0 Å². The van der Waals surface area contributed by atoms with Gasteiger partial charge in [-0.05, 0) is 44.7 Å². The number of carbonyl (C=O) groups is 3. The molecule has 4 fully saturated rings. The van der Waals surface area contributed by atoms with Gasteiger partial charge in [0.25, 0.3) is 0 Å². The molecule has 210 valence electrons. The van der Waals surface area contributed by atoms with Crippen molar-refractivity contribution < 1.29 is 24.2 Å². The van der Waals surface area contributed by atoms with E-state index in [2.05, 4.69) is 13.2 Å². The van der Waals surface area contributed by atoms with Crippen LogP contribution in [0.5, 0.6) is 0 Å². The largest absolute Gasteiger partial charge is 0.394 e. The highest BCUT2D eigenvalue weighted by Crippen LogP contribution is 2.59. The highest BCUT2D eigenvalue weighted by molar-refractivity contribution is 6.03. The molecule has 1 aromatic rings. The fourth-order valence-corrected chi connectivity index (χ4v) is 7.56. The summed E-state index contributed by atoms with van der Waals surface area (Å²) in [5.41, 5.74) is -0.361. The summed E-state index contributed by atoms with van der Waals surface area (Å²) in [4.78, 5) is 48.0. The molecule has 3 heterocycles. The van der Waals surface area contributed by atoms with E-state index in [4.69, 9.17) is 4.74 Å². The van der Waals surface area contributed by atoms with Crippen molar-refractivity contribution in [1.82, 2.24) is 9.80 Å². The van der Waals surface area contributed by atoms with Crippen LogP contribution in [0.4, 0.5) is 5.69 Å². The second-order valence-electron chi connectivity index (χ2n) is 11.5. The number of anilines is 1. The van der Waals surface area contributed by atoms with Crippen LogP contribution < -0.4 is 4.90 Å². The van der Waals surface area contributed by atoms with Gasteiger partial charge >= 0.3 is 0 Å². The summed E-state index contributed by atoms with van der Waals surface area (Å²) in [7, 11) is 0. The number of amides is 3. The molecule has 6 atom stereocenters. The Kier molecular flexibility index (Phi) is 7.96. The molecular formula is C31H41N3O5. The summed E-state index contributed by atoms with van der Waals surface area (Å²) in [5, 5.41) is 10.2. The van der Waals surface area contributed by atoms with Gasteiger partial charge in [0.1, 0.15) is 11.6 Å². The molecule has 3 aliphatic heterocycles. The molecule has 0 radical (unpaired) electrons. The van der Waals surface area contributed by atoms with E-state index in [0.717, 1.165) is 37.8 Å². The highest BCUT2D eigenvalue weighted by atomic mass is 16.5. The zero-order valence-electron chi connectivity index (χ0n) is 22.9. The first kappa shape index (κ1) is 27.6. The molecule has 1 N–H and O–H groups in total. The van der Waals surface area contributed by atoms with E-state index < -0.39 is 35.6 Å². The van der Waals surface area contributed by atoms with Crippen molar-refractivity contribution in [2.75, 3.05) is 24.6 Å². The van der Waals surface area contributed by atoms with Crippen molar-refractivity contribution in [2.45, 2.75) is 81.7 Å². The summed E-state index contributed by atoms with van der Waals surface area (Å²) in [6, 6.07) is 7.98. The number of aliphatic hydroxyl groups is 1. The van der Waals surface area contributed by atoms with Gasteiger partial charge in [0.2, 0.25) is 17.7 Å². The van der Waals surface area contributed by atoms with Crippen LogP contribution in [0.25, 0.3) is 0 Å². The maximum Gasteiger partial charge on any atom is 0.248 e. The first-order chi connectivity index (χ1) is 18.9. The topological polar surface area (TPSA) is 90.4 Å². The second-order valence-corrected chi connectivity index (χ2v) is 11.5. The van der Waals surface area contributed by atoms with Crippen molar-refractivity contribution in [2.24, 2.45) is 11.8 Å². The first-order valence-corrected chi connectivity index (χ1v) is 14.4. The maximum atomic E-state index is 14.5. The predicted molar refractivity (Wildman–Crippen MR) is 149 cm³/mol. The minimum absolute atomic E-state index is 0.0817. The van der Waals surface area contributed by atoms with E-state index in [1.165, 1.54) is 4.90 Å². The van der Waals surface area contributed by atoms with E-state index in [9.17, 15) is 19.5 Å². The van der Waals surface area contributed by atoms with Gasteiger partial charge < -0.3 is 24.5 Å². The molecule has 0 aromatic heterocycles. The summed E-state index contributed by atoms with van der Waals surface area (Å²) in [6.45, 7) is 9.91. The lowest BCUT2D eigenvalue weighted by Gasteiger charge is -2.41. The van der Waals surface area contributed by atoms with Gasteiger partial charge in [-0.3, -0.25) is 14.4 Å². The zero-order valence-corrected chi connectivity index (χ0v) is 22.9. The first-order valence-electron chi connectivity index (χ1n) is 14.4. The van der Waals surface area contributed by atoms with E-state index in [0.29, 0.717) is 25.9 Å². The summed E-state index contributed by atoms with van der Waals surface area (Å²) >= 11 is 0. The van der Waals surface area contributed by atoms with Gasteiger partial charge in [-0.1, -0.05) is 49.6 Å². The third-order valence-electron chi connectivity index (χ3n) is 9.27. The molecular weight excluding hydrogens is 494 g/mol. The second kappa shape index (κ2) is 11.3. The Morgan fingerprint density at radius 3 is 2.44 bits per heavy atom. The third kappa shape index (κ3) is 4.51. The molecule has 1 aromatic carbocycles. The number of para-hydroxylation sites is 1. The molecule has 4 aliphatic rings. The number of hydrogen-bond donors (Lipinski definition) is 1. The minimum atomic E-state index is -1.09. The van der Waals surface area contributed by atoms with E-state index in [1.54, 1.807) is 24.0 Å². The van der Waals surface area contributed by atoms with Crippen molar-refractivity contribution in [1.29, 1.82) is 0 Å². The van der Waals surface area contributed by atoms with Crippen molar-refractivity contribution in [3.05, 3.63) is 55.6 Å². The van der Waals surface area contributed by atoms with Crippen LogP contribution in [0.15, 0.2) is 55.6 Å². The van der Waals surface area contributed by atoms with Gasteiger partial charge in [-0.15, -0.1) is 13.2 Å². The molecule has 39 heavy (non-hydrogen) atoms. The normalized spacial score (nSPS) is 30.6. The molecule has 3 amide bonds. The van der Waals surface area contributed by atoms with Gasteiger partial charge in [-0.2, -0.15) is 0 Å². The lowest BCUT2D eigenvalue weighted by atomic mass is 9.70. The SMILES string of the molecule is C=CCN(C(=O)[C@@H]1[C@H]2C(=O)N([C@H](C)CO)C(C(=O)N(CC=C)C3CCCCC3)C23CC[C@H]1O3)c1ccccc1. The monoisotopic (exact) mass is 535 g/mol. The van der Waals surface area contributed by atoms with Crippen molar-refractivity contribution in [3.8, 4) is 0 Å². The number of carbonyl (C=O) groups excluding carboxylic acids is 3. The van der Waals surface area contributed by atoms with Gasteiger partial charge in [0.05, 0.1) is 30.6 Å². The van der Waals surface area contributed by atoms with Crippen LogP contribution in [-0.4, -0.2) is 82.2 Å². The number of aliphatic hydroxyl groups excluding tert-OH is 1. The summed E-state index contributed by atoms with van der Waals surface area (Å²) in [6.07, 6.45) is 9.24. The van der Waals surface area contributed by atoms with E-state index in [1.807, 2.05) is 35.2 Å². The Labute approximate surface area is 231 Å². The van der Waals surface area contributed by atoms with Crippen LogP contribution in [0, 0.1) is 11.8 Å². The molecule has 1 saturated carbocycles. The molecule has 2 bridgehead atoms. The van der Waals surface area contributed by atoms with Crippen LogP contribution >= 0.6 is 0 Å². The number of nitrogens with zero attached hydrogens (tertiary/aromatic N) is 3. The average Bonchev–Trinajstić information content (AvgIpc) is 3.62. The molecule has 2 unspecified atom stereocenters. The Bertz CT molecular complexity index is 1100. The van der Waals surface area contributed by atoms with Gasteiger partial charge in [0, 0.05) is 24.8 Å². The number of benzene rings is 1. The minimum Gasteiger partial charge on any atom is -0.394 e. The van der Waals surface area contributed by atoms with Crippen LogP contribution in [0.1, 0.15) is 51.9 Å². The smallest absolute Gasteiger partial charge is 0.248 e. The van der Waals surface area contributed by atoms with Gasteiger partial charge in [0.15, 0.2) is 0 Å². The van der Waals surface area contributed by atoms with Crippen molar-refractivity contribution in [3.63, 3.8) is 0 Å². The van der Waals surface area contributed by atoms with E-state index in [-0.39, 0.29) is 30.4 Å². The van der Waals surface area contributed by atoms with Gasteiger partial charge in [-0.25, -0.2) is 0 Å². The number of fused-ring (bicyclic) bond motifs is 1. The Morgan fingerprint density at radius 2 is 1.79 bits per heavy atom. The van der Waals surface area contributed by atoms with Crippen LogP contribution in [0.3, 0.4) is 0 Å². The molecule has 8 nitrogen and oxygen atoms in total. The summed E-state index contributed by atoms with van der Waals surface area (Å²) in [5.74, 6) is -2.10. The molecule has 5 rings (SSSR count). The fourth-order valence-electron chi connectivity index (χ4n) is 7.56. The number of rotatable bonds is 10. The number of hydrogen-bond acceptors (Lipinski definition) is 5. The quantitative estimate of drug-likeness (QED) is 0.465. The summed E-state index contributed by atoms with van der Waals surface area (Å²) < 4.78 is 6.64. The predicted octanol–water partition coefficient (Wildman–Crippen LogP) is 3.31. The molecule has 1 aliphatic carbocycles. The molecule has 8 heteroatoms. The highest BCUT2D eigenvalue weighted by Gasteiger charge is 2.75.